The topological polar surface area (TPSA) is 43.4 Å². The summed E-state index contributed by atoms with van der Waals surface area (Å²) in [6, 6.07) is 0. The molecule has 0 N–H and O–H groups in total. The summed E-state index contributed by atoms with van der Waals surface area (Å²) in [7, 11) is 0.877. The van der Waals surface area contributed by atoms with E-state index in [9.17, 15) is 0 Å². The van der Waals surface area contributed by atoms with Gasteiger partial charge in [0.25, 0.3) is 0 Å². The Labute approximate surface area is 50.6 Å². The van der Waals surface area contributed by atoms with Crippen molar-refractivity contribution in [2.24, 2.45) is 0 Å². The average Bonchev–Trinajstić information content (AvgIpc) is 1.33. The summed E-state index contributed by atoms with van der Waals surface area (Å²) in [6.45, 7) is 0. The first-order chi connectivity index (χ1) is 3.15. The molecule has 0 aromatic rings. The van der Waals surface area contributed by atoms with Crippen LogP contribution in [0.1, 0.15) is 0 Å². The average molecular weight is 158 g/mol. The number of thiol groups is 1. The Morgan fingerprint density at radius 2 is 1.57 bits per heavy atom. The highest BCUT2D eigenvalue weighted by Gasteiger charge is 1.46. The van der Waals surface area contributed by atoms with Gasteiger partial charge in [-0.25, -0.2) is 8.42 Å². The summed E-state index contributed by atoms with van der Waals surface area (Å²) >= 11 is 0. The molecule has 0 saturated carbocycles. The van der Waals surface area contributed by atoms with Crippen LogP contribution in [0.25, 0.3) is 0 Å². The Kier molecular flexibility index (Phi) is 14.2. The predicted molar refractivity (Wildman–Crippen MR) is 37.2 cm³/mol. The van der Waals surface area contributed by atoms with E-state index in [1.165, 1.54) is 0 Å². The molecule has 0 saturated heterocycles. The molecule has 0 heterocycles. The minimum absolute atomic E-state index is 0.302. The zero-order valence-corrected chi connectivity index (χ0v) is 9.57. The molecule has 0 aromatic carbocycles. The molecule has 0 amide bonds. The third kappa shape index (κ3) is 1010. The van der Waals surface area contributed by atoms with Crippen molar-refractivity contribution in [3.63, 3.8) is 0 Å². The van der Waals surface area contributed by atoms with Gasteiger partial charge in [-0.2, -0.15) is 0 Å². The van der Waals surface area contributed by atoms with Crippen LogP contribution in [0, 0.1) is 0 Å². The van der Waals surface area contributed by atoms with Gasteiger partial charge in [0.1, 0.15) is 30.0 Å². The Morgan fingerprint density at radius 3 is 1.57 bits per heavy atom. The summed E-state index contributed by atoms with van der Waals surface area (Å²) in [5, 5.41) is 0. The second-order valence-electron chi connectivity index (χ2n) is 0.848. The maximum Gasteiger partial charge on any atom is 0.145 e. The largest absolute Gasteiger partial charge is 0.431 e. The van der Waals surface area contributed by atoms with Gasteiger partial charge < -0.3 is 4.43 Å². The molecule has 0 unspecified atom stereocenters. The molecule has 3 nitrogen and oxygen atoms in total. The third-order valence-electron chi connectivity index (χ3n) is 0. The van der Waals surface area contributed by atoms with Crippen molar-refractivity contribution in [2.45, 2.75) is 0 Å². The third-order valence-corrected chi connectivity index (χ3v) is 0. The lowest BCUT2D eigenvalue weighted by Crippen LogP contribution is -1.60. The Morgan fingerprint density at radius 1 is 1.57 bits per heavy atom. The summed E-state index contributed by atoms with van der Waals surface area (Å²) in [5.41, 5.74) is 0. The van der Waals surface area contributed by atoms with Crippen LogP contribution in [0.3, 0.4) is 0 Å². The van der Waals surface area contributed by atoms with Crippen molar-refractivity contribution in [1.82, 2.24) is 0 Å². The first-order valence-corrected chi connectivity index (χ1v) is 6.75. The van der Waals surface area contributed by atoms with Crippen LogP contribution < -0.4 is 0 Å². The highest BCUT2D eigenvalue weighted by molar-refractivity contribution is 7.96. The van der Waals surface area contributed by atoms with Crippen molar-refractivity contribution >= 4 is 30.0 Å². The molecule has 46 valence electrons. The number of hydrogen-bond acceptors (Lipinski definition) is 3. The minimum Gasteiger partial charge on any atom is -0.431 e. The van der Waals surface area contributed by atoms with Gasteiger partial charge in [0, 0.05) is 7.11 Å². The molecule has 0 atom stereocenters. The molecular formula is CH10O3SSi2. The van der Waals surface area contributed by atoms with E-state index >= 15 is 0 Å². The van der Waals surface area contributed by atoms with E-state index in [1.54, 1.807) is 7.11 Å². The molecule has 0 aromatic heterocycles. The van der Waals surface area contributed by atoms with E-state index in [2.05, 4.69) is 4.43 Å². The first kappa shape index (κ1) is 10.3. The quantitative estimate of drug-likeness (QED) is 0.298. The van der Waals surface area contributed by atoms with E-state index in [0.29, 0.717) is 9.39 Å². The SMILES string of the molecule is CO[SiH3].O=[SH](=O)[SiH3]. The van der Waals surface area contributed by atoms with E-state index < -0.39 is 10.2 Å². The second-order valence-corrected chi connectivity index (χ2v) is 4.73. The molecule has 0 aliphatic heterocycles. The molecule has 0 aliphatic rings. The van der Waals surface area contributed by atoms with Crippen LogP contribution in [0.2, 0.25) is 0 Å². The first-order valence-electron chi connectivity index (χ1n) is 1.63. The molecule has 6 heteroatoms. The van der Waals surface area contributed by atoms with Crippen LogP contribution in [0.5, 0.6) is 0 Å². The molecule has 0 spiro atoms. The maximum atomic E-state index is 9.10. The van der Waals surface area contributed by atoms with Gasteiger partial charge in [0.05, 0.1) is 0 Å². The monoisotopic (exact) mass is 158 g/mol. The zero-order chi connectivity index (χ0) is 6.28. The van der Waals surface area contributed by atoms with E-state index in [0.717, 1.165) is 10.5 Å². The van der Waals surface area contributed by atoms with Gasteiger partial charge >= 0.3 is 0 Å². The van der Waals surface area contributed by atoms with E-state index in [-0.39, 0.29) is 0 Å². The lowest BCUT2D eigenvalue weighted by Gasteiger charge is -1.61. The standard InChI is InChI=1S/CH6OSi.H4O2SSi/c1-2-3;1-3(2)4/h1,3H3;3H,4H3. The Bertz CT molecular complexity index is 71.0. The van der Waals surface area contributed by atoms with E-state index in [1.807, 2.05) is 0 Å². The fraction of sp³-hybridized carbons (Fsp3) is 1.00. The zero-order valence-electron chi connectivity index (χ0n) is 4.67. The maximum absolute atomic E-state index is 9.10. The Hall–Kier alpha value is 0.344. The fourth-order valence-corrected chi connectivity index (χ4v) is 0. The normalized spacial score (nSPS) is 8.29. The van der Waals surface area contributed by atoms with Gasteiger partial charge in [-0.15, -0.1) is 0 Å². The van der Waals surface area contributed by atoms with Gasteiger partial charge in [-0.1, -0.05) is 0 Å². The molecular weight excluding hydrogens is 148 g/mol. The molecule has 7 heavy (non-hydrogen) atoms. The lowest BCUT2D eigenvalue weighted by molar-refractivity contribution is 0.460. The second kappa shape index (κ2) is 9.60. The van der Waals surface area contributed by atoms with Crippen molar-refractivity contribution in [3.8, 4) is 0 Å². The molecule has 0 aliphatic carbocycles. The van der Waals surface area contributed by atoms with Crippen LogP contribution in [0.15, 0.2) is 0 Å². The minimum atomic E-state index is -1.98. The lowest BCUT2D eigenvalue weighted by atomic mass is 11.8. The van der Waals surface area contributed by atoms with Crippen molar-refractivity contribution < 1.29 is 12.8 Å². The Balaban J connectivity index is 0. The van der Waals surface area contributed by atoms with Gasteiger partial charge in [-0.3, -0.25) is 0 Å². The van der Waals surface area contributed by atoms with Crippen molar-refractivity contribution in [1.29, 1.82) is 0 Å². The highest BCUT2D eigenvalue weighted by Crippen LogP contribution is 1.25. The summed E-state index contributed by atoms with van der Waals surface area (Å²) in [4.78, 5) is 0. The molecule has 0 radical (unpaired) electrons. The van der Waals surface area contributed by atoms with Crippen molar-refractivity contribution in [2.75, 3.05) is 7.11 Å². The van der Waals surface area contributed by atoms with Crippen LogP contribution >= 0.6 is 0 Å². The summed E-state index contributed by atoms with van der Waals surface area (Å²) in [6.07, 6.45) is 0. The summed E-state index contributed by atoms with van der Waals surface area (Å²) < 4.78 is 22.6. The van der Waals surface area contributed by atoms with Gasteiger partial charge in [0.15, 0.2) is 0 Å². The predicted octanol–water partition coefficient (Wildman–Crippen LogP) is -3.21. The molecule has 0 bridgehead atoms. The van der Waals surface area contributed by atoms with Crippen LogP contribution in [-0.2, 0) is 14.6 Å². The molecule has 0 rings (SSSR count). The highest BCUT2D eigenvalue weighted by atomic mass is 32.4. The summed E-state index contributed by atoms with van der Waals surface area (Å²) in [5.74, 6) is 0. The van der Waals surface area contributed by atoms with Crippen LogP contribution in [0.4, 0.5) is 0 Å². The molecule has 0 fully saturated rings. The fourth-order valence-electron chi connectivity index (χ4n) is 0. The van der Waals surface area contributed by atoms with Gasteiger partial charge in [-0.05, 0) is 0 Å². The van der Waals surface area contributed by atoms with E-state index in [4.69, 9.17) is 8.42 Å². The number of hydrogen-bond donors (Lipinski definition) is 1. The van der Waals surface area contributed by atoms with Crippen LogP contribution in [-0.4, -0.2) is 35.4 Å². The van der Waals surface area contributed by atoms with Crippen molar-refractivity contribution in [3.05, 3.63) is 0 Å². The number of rotatable bonds is 0. The smallest absolute Gasteiger partial charge is 0.145 e. The van der Waals surface area contributed by atoms with Gasteiger partial charge in [0.2, 0.25) is 0 Å².